The highest BCUT2D eigenvalue weighted by Gasteiger charge is 2.40. The van der Waals surface area contributed by atoms with Gasteiger partial charge >= 0.3 is 6.18 Å². The third kappa shape index (κ3) is 4.51. The smallest absolute Gasteiger partial charge is 0.352 e. The highest BCUT2D eigenvalue weighted by Crippen LogP contribution is 2.44. The number of alkyl halides is 3. The number of halogens is 4. The summed E-state index contributed by atoms with van der Waals surface area (Å²) in [5.74, 6) is 0.429. The van der Waals surface area contributed by atoms with Gasteiger partial charge < -0.3 is 5.32 Å². The minimum atomic E-state index is -4.66. The van der Waals surface area contributed by atoms with Crippen LogP contribution in [0.4, 0.5) is 18.9 Å². The Hall–Kier alpha value is -1.48. The van der Waals surface area contributed by atoms with E-state index in [1.54, 1.807) is 0 Å². The van der Waals surface area contributed by atoms with Crippen LogP contribution < -0.4 is 9.62 Å². The Morgan fingerprint density at radius 1 is 1.30 bits per heavy atom. The molecule has 0 saturated heterocycles. The molecule has 1 N–H and O–H groups in total. The monoisotopic (exact) mass is 424 g/mol. The Kier molecular flexibility index (Phi) is 5.37. The summed E-state index contributed by atoms with van der Waals surface area (Å²) in [7, 11) is -4.02. The molecular formula is C17H20ClF3N2O3S. The molecule has 2 saturated carbocycles. The Labute approximate surface area is 160 Å². The molecule has 5 nitrogen and oxygen atoms in total. The molecule has 2 aliphatic rings. The Bertz CT molecular complexity index is 844. The molecule has 0 radical (unpaired) electrons. The van der Waals surface area contributed by atoms with Gasteiger partial charge in [-0.05, 0) is 49.3 Å². The van der Waals surface area contributed by atoms with Crippen LogP contribution in [0.2, 0.25) is 5.02 Å². The average molecular weight is 425 g/mol. The summed E-state index contributed by atoms with van der Waals surface area (Å²) >= 11 is 5.95. The number of hydrogen-bond donors (Lipinski definition) is 1. The van der Waals surface area contributed by atoms with Gasteiger partial charge in [-0.25, -0.2) is 8.42 Å². The topological polar surface area (TPSA) is 66.5 Å². The van der Waals surface area contributed by atoms with Crippen molar-refractivity contribution in [3.8, 4) is 0 Å². The molecule has 2 bridgehead atoms. The number of benzene rings is 1. The van der Waals surface area contributed by atoms with Crippen molar-refractivity contribution in [2.24, 2.45) is 11.8 Å². The van der Waals surface area contributed by atoms with Crippen LogP contribution in [-0.4, -0.2) is 33.2 Å². The van der Waals surface area contributed by atoms with Gasteiger partial charge in [0.1, 0.15) is 6.54 Å². The van der Waals surface area contributed by atoms with Crippen molar-refractivity contribution >= 4 is 33.2 Å². The fourth-order valence-corrected chi connectivity index (χ4v) is 5.20. The molecule has 10 heteroatoms. The molecule has 0 spiro atoms. The van der Waals surface area contributed by atoms with E-state index < -0.39 is 34.2 Å². The van der Waals surface area contributed by atoms with E-state index in [-0.39, 0.29) is 16.8 Å². The lowest BCUT2D eigenvalue weighted by atomic mass is 9.95. The minimum absolute atomic E-state index is 0.00496. The lowest BCUT2D eigenvalue weighted by molar-refractivity contribution is -0.137. The molecule has 2 aliphatic carbocycles. The number of carbonyl (C=O) groups excluding carboxylic acids is 1. The normalized spacial score (nSPS) is 24.9. The summed E-state index contributed by atoms with van der Waals surface area (Å²) in [5.41, 5.74) is -1.40. The van der Waals surface area contributed by atoms with Crippen LogP contribution in [0.1, 0.15) is 31.2 Å². The number of anilines is 1. The fraction of sp³-hybridized carbons (Fsp3) is 0.588. The van der Waals surface area contributed by atoms with E-state index in [9.17, 15) is 26.4 Å². The zero-order valence-electron chi connectivity index (χ0n) is 14.6. The lowest BCUT2D eigenvalue weighted by Gasteiger charge is -2.27. The molecule has 27 heavy (non-hydrogen) atoms. The van der Waals surface area contributed by atoms with Gasteiger partial charge in [-0.15, -0.1) is 0 Å². The second-order valence-corrected chi connectivity index (χ2v) is 9.60. The van der Waals surface area contributed by atoms with E-state index >= 15 is 0 Å². The highest BCUT2D eigenvalue weighted by molar-refractivity contribution is 7.92. The third-order valence-electron chi connectivity index (χ3n) is 5.31. The Morgan fingerprint density at radius 3 is 2.52 bits per heavy atom. The van der Waals surface area contributed by atoms with Crippen molar-refractivity contribution in [3.05, 3.63) is 28.8 Å². The predicted octanol–water partition coefficient (Wildman–Crippen LogP) is 3.43. The van der Waals surface area contributed by atoms with Gasteiger partial charge in [-0.1, -0.05) is 18.0 Å². The zero-order valence-corrected chi connectivity index (χ0v) is 16.2. The Morgan fingerprint density at radius 2 is 2.00 bits per heavy atom. The van der Waals surface area contributed by atoms with Crippen LogP contribution in [0, 0.1) is 11.8 Å². The first-order chi connectivity index (χ1) is 12.4. The van der Waals surface area contributed by atoms with E-state index in [1.165, 1.54) is 0 Å². The van der Waals surface area contributed by atoms with Crippen LogP contribution in [0.25, 0.3) is 0 Å². The summed E-state index contributed by atoms with van der Waals surface area (Å²) in [6, 6.07) is 2.39. The van der Waals surface area contributed by atoms with Gasteiger partial charge in [0.25, 0.3) is 0 Å². The van der Waals surface area contributed by atoms with Crippen molar-refractivity contribution in [3.63, 3.8) is 0 Å². The van der Waals surface area contributed by atoms with E-state index in [4.69, 9.17) is 11.6 Å². The summed E-state index contributed by atoms with van der Waals surface area (Å²) < 4.78 is 63.9. The summed E-state index contributed by atoms with van der Waals surface area (Å²) in [4.78, 5) is 12.4. The van der Waals surface area contributed by atoms with Gasteiger partial charge in [0, 0.05) is 6.04 Å². The van der Waals surface area contributed by atoms with Crippen LogP contribution >= 0.6 is 11.6 Å². The Balaban J connectivity index is 1.82. The zero-order chi connectivity index (χ0) is 20.0. The third-order valence-corrected chi connectivity index (χ3v) is 6.76. The average Bonchev–Trinajstić information content (AvgIpc) is 3.14. The molecule has 1 aromatic rings. The number of carbonyl (C=O) groups is 1. The molecule has 3 atom stereocenters. The molecule has 0 heterocycles. The number of sulfonamides is 1. The summed E-state index contributed by atoms with van der Waals surface area (Å²) in [5, 5.41) is 2.66. The maximum Gasteiger partial charge on any atom is 0.416 e. The van der Waals surface area contributed by atoms with Crippen molar-refractivity contribution in [1.29, 1.82) is 0 Å². The molecule has 3 rings (SSSR count). The molecule has 0 aromatic heterocycles. The van der Waals surface area contributed by atoms with Gasteiger partial charge in [-0.3, -0.25) is 9.10 Å². The van der Waals surface area contributed by atoms with Crippen LogP contribution in [0.5, 0.6) is 0 Å². The van der Waals surface area contributed by atoms with Crippen molar-refractivity contribution in [2.75, 3.05) is 17.1 Å². The number of amides is 1. The quantitative estimate of drug-likeness (QED) is 0.787. The standard InChI is InChI=1S/C17H20ClF3N2O3S/c1-27(25,26)23(15-8-12(17(19,20)21)4-5-13(15)18)9-16(24)22-14-7-10-2-3-11(14)6-10/h4-5,8,10-11,14H,2-3,6-7,9H2,1H3,(H,22,24)/t10-,11+,14+/m0/s1. The predicted molar refractivity (Wildman–Crippen MR) is 96.0 cm³/mol. The van der Waals surface area contributed by atoms with E-state index in [0.717, 1.165) is 44.1 Å². The fourth-order valence-electron chi connectivity index (χ4n) is 4.07. The number of nitrogens with one attached hydrogen (secondary N) is 1. The number of nitrogens with zero attached hydrogens (tertiary/aromatic N) is 1. The lowest BCUT2D eigenvalue weighted by Crippen LogP contribution is -2.45. The molecule has 150 valence electrons. The first-order valence-corrected chi connectivity index (χ1v) is 10.8. The maximum absolute atomic E-state index is 13.0. The first kappa shape index (κ1) is 20.3. The van der Waals surface area contributed by atoms with Crippen LogP contribution in [0.15, 0.2) is 18.2 Å². The van der Waals surface area contributed by atoms with E-state index in [2.05, 4.69) is 5.32 Å². The van der Waals surface area contributed by atoms with Gasteiger partial charge in [0.15, 0.2) is 0 Å². The van der Waals surface area contributed by atoms with Crippen LogP contribution in [0.3, 0.4) is 0 Å². The maximum atomic E-state index is 13.0. The number of hydrogen-bond acceptors (Lipinski definition) is 3. The van der Waals surface area contributed by atoms with E-state index in [1.807, 2.05) is 0 Å². The van der Waals surface area contributed by atoms with Gasteiger partial charge in [0.05, 0.1) is 22.5 Å². The molecule has 1 aromatic carbocycles. The summed E-state index contributed by atoms with van der Waals surface area (Å²) in [6.07, 6.45) is 0.263. The minimum Gasteiger partial charge on any atom is -0.352 e. The second-order valence-electron chi connectivity index (χ2n) is 7.28. The second kappa shape index (κ2) is 7.16. The largest absolute Gasteiger partial charge is 0.416 e. The van der Waals surface area contributed by atoms with Gasteiger partial charge in [-0.2, -0.15) is 13.2 Å². The SMILES string of the molecule is CS(=O)(=O)N(CC(=O)N[C@@H]1C[C@H]2CC[C@@H]1C2)c1cc(C(F)(F)F)ccc1Cl. The molecule has 2 fully saturated rings. The molecule has 0 aliphatic heterocycles. The van der Waals surface area contributed by atoms with Crippen molar-refractivity contribution < 1.29 is 26.4 Å². The van der Waals surface area contributed by atoms with Crippen LogP contribution in [-0.2, 0) is 21.0 Å². The molecular weight excluding hydrogens is 405 g/mol. The van der Waals surface area contributed by atoms with Gasteiger partial charge in [0.2, 0.25) is 15.9 Å². The van der Waals surface area contributed by atoms with E-state index in [0.29, 0.717) is 22.2 Å². The highest BCUT2D eigenvalue weighted by atomic mass is 35.5. The summed E-state index contributed by atoms with van der Waals surface area (Å²) in [6.45, 7) is -0.617. The number of fused-ring (bicyclic) bond motifs is 2. The van der Waals surface area contributed by atoms with Crippen molar-refractivity contribution in [1.82, 2.24) is 5.32 Å². The molecule has 0 unspecified atom stereocenters. The molecule has 1 amide bonds. The van der Waals surface area contributed by atoms with Crippen molar-refractivity contribution in [2.45, 2.75) is 37.9 Å². The number of rotatable bonds is 5. The first-order valence-electron chi connectivity index (χ1n) is 8.59.